The number of anilines is 1. The smallest absolute Gasteiger partial charge is 0.163 e. The van der Waals surface area contributed by atoms with Crippen molar-refractivity contribution in [1.82, 2.24) is 9.97 Å². The minimum atomic E-state index is -0.298. The number of hydrogen-bond donors (Lipinski definition) is 2. The number of aryl methyl sites for hydroxylation is 2. The van der Waals surface area contributed by atoms with Crippen LogP contribution in [0.5, 0.6) is 0 Å². The highest BCUT2D eigenvalue weighted by Crippen LogP contribution is 2.30. The van der Waals surface area contributed by atoms with Crippen LogP contribution < -0.4 is 11.3 Å². The average molecular weight is 288 g/mol. The van der Waals surface area contributed by atoms with Crippen molar-refractivity contribution < 1.29 is 4.39 Å². The number of nitrogens with two attached hydrogens (primary N) is 1. The van der Waals surface area contributed by atoms with Crippen molar-refractivity contribution in [2.45, 2.75) is 13.8 Å². The van der Waals surface area contributed by atoms with Gasteiger partial charge < -0.3 is 5.43 Å². The topological polar surface area (TPSA) is 63.8 Å². The monoisotopic (exact) mass is 288 g/mol. The molecule has 3 N–H and O–H groups in total. The van der Waals surface area contributed by atoms with Gasteiger partial charge in [-0.1, -0.05) is 0 Å². The van der Waals surface area contributed by atoms with E-state index < -0.39 is 0 Å². The molecule has 0 saturated heterocycles. The van der Waals surface area contributed by atoms with E-state index in [4.69, 9.17) is 5.84 Å². The Kier molecular flexibility index (Phi) is 3.11. The van der Waals surface area contributed by atoms with Gasteiger partial charge in [-0.2, -0.15) is 0 Å². The van der Waals surface area contributed by atoms with Gasteiger partial charge in [-0.25, -0.2) is 20.2 Å². The second-order valence-electron chi connectivity index (χ2n) is 4.63. The Bertz CT molecular complexity index is 777. The lowest BCUT2D eigenvalue weighted by molar-refractivity contribution is 0.627. The number of benzene rings is 1. The van der Waals surface area contributed by atoms with E-state index in [1.807, 2.05) is 26.0 Å². The summed E-state index contributed by atoms with van der Waals surface area (Å²) >= 11 is 1.56. The Morgan fingerprint density at radius 3 is 2.65 bits per heavy atom. The third-order valence-electron chi connectivity index (χ3n) is 2.95. The maximum Gasteiger partial charge on any atom is 0.163 e. The van der Waals surface area contributed by atoms with Gasteiger partial charge in [-0.05, 0) is 43.7 Å². The summed E-state index contributed by atoms with van der Waals surface area (Å²) in [5, 5.41) is 0.881. The number of halogens is 1. The summed E-state index contributed by atoms with van der Waals surface area (Å²) in [4.78, 5) is 10.8. The van der Waals surface area contributed by atoms with E-state index in [9.17, 15) is 4.39 Å². The highest BCUT2D eigenvalue weighted by Gasteiger charge is 2.12. The number of nitrogen functional groups attached to an aromatic ring is 1. The second-order valence-corrected chi connectivity index (χ2v) is 5.87. The molecule has 0 aliphatic carbocycles. The standard InChI is InChI=1S/C14H13FN4S/c1-7-3-9(6-10(15)4-7)12-17-13(19-16)11-5-8(2)20-14(11)18-12/h3-6H,16H2,1-2H3,(H,17,18,19). The number of thiophene rings is 1. The number of nitrogens with one attached hydrogen (secondary N) is 1. The number of nitrogens with zero attached hydrogens (tertiary/aromatic N) is 2. The molecule has 0 radical (unpaired) electrons. The molecule has 0 unspecified atom stereocenters. The predicted molar refractivity (Wildman–Crippen MR) is 80.1 cm³/mol. The minimum Gasteiger partial charge on any atom is -0.308 e. The molecule has 4 nitrogen and oxygen atoms in total. The van der Waals surface area contributed by atoms with Crippen LogP contribution in [-0.2, 0) is 0 Å². The highest BCUT2D eigenvalue weighted by atomic mass is 32.1. The molecule has 0 amide bonds. The van der Waals surface area contributed by atoms with Crippen molar-refractivity contribution in [2.75, 3.05) is 5.43 Å². The Balaban J connectivity index is 2.25. The third-order valence-corrected chi connectivity index (χ3v) is 3.90. The van der Waals surface area contributed by atoms with Crippen LogP contribution in [0.25, 0.3) is 21.6 Å². The molecule has 0 bridgehead atoms. The molecular weight excluding hydrogens is 275 g/mol. The Morgan fingerprint density at radius 1 is 1.15 bits per heavy atom. The van der Waals surface area contributed by atoms with Gasteiger partial charge in [0.1, 0.15) is 10.6 Å². The summed E-state index contributed by atoms with van der Waals surface area (Å²) in [6, 6.07) is 6.73. The summed E-state index contributed by atoms with van der Waals surface area (Å²) in [7, 11) is 0. The molecule has 0 aliphatic heterocycles. The van der Waals surface area contributed by atoms with Crippen molar-refractivity contribution >= 4 is 27.4 Å². The molecule has 0 aliphatic rings. The maximum atomic E-state index is 13.5. The van der Waals surface area contributed by atoms with Gasteiger partial charge in [0.2, 0.25) is 0 Å². The van der Waals surface area contributed by atoms with Gasteiger partial charge in [-0.3, -0.25) is 0 Å². The first-order valence-corrected chi connectivity index (χ1v) is 6.91. The van der Waals surface area contributed by atoms with E-state index in [-0.39, 0.29) is 5.82 Å². The average Bonchev–Trinajstić information content (AvgIpc) is 2.76. The maximum absolute atomic E-state index is 13.5. The molecule has 2 heterocycles. The van der Waals surface area contributed by atoms with Crippen LogP contribution >= 0.6 is 11.3 Å². The van der Waals surface area contributed by atoms with Crippen molar-refractivity contribution in [2.24, 2.45) is 5.84 Å². The van der Waals surface area contributed by atoms with Gasteiger partial charge in [-0.15, -0.1) is 11.3 Å². The molecule has 1 aromatic carbocycles. The molecule has 6 heteroatoms. The number of hydrogen-bond acceptors (Lipinski definition) is 5. The van der Waals surface area contributed by atoms with E-state index in [0.717, 1.165) is 20.7 Å². The van der Waals surface area contributed by atoms with Crippen molar-refractivity contribution in [1.29, 1.82) is 0 Å². The Labute approximate surface area is 119 Å². The van der Waals surface area contributed by atoms with Gasteiger partial charge in [0.15, 0.2) is 11.6 Å². The van der Waals surface area contributed by atoms with Crippen LogP contribution in [0.3, 0.4) is 0 Å². The molecule has 0 saturated carbocycles. The zero-order valence-electron chi connectivity index (χ0n) is 11.1. The van der Waals surface area contributed by atoms with Crippen LogP contribution in [0.4, 0.5) is 10.2 Å². The van der Waals surface area contributed by atoms with E-state index in [2.05, 4.69) is 15.4 Å². The van der Waals surface area contributed by atoms with E-state index in [0.29, 0.717) is 17.2 Å². The number of rotatable bonds is 2. The summed E-state index contributed by atoms with van der Waals surface area (Å²) in [5.41, 5.74) is 4.06. The summed E-state index contributed by atoms with van der Waals surface area (Å²) in [6.07, 6.45) is 0. The van der Waals surface area contributed by atoms with Crippen LogP contribution in [0, 0.1) is 19.7 Å². The normalized spacial score (nSPS) is 11.0. The molecule has 3 rings (SSSR count). The van der Waals surface area contributed by atoms with E-state index >= 15 is 0 Å². The van der Waals surface area contributed by atoms with E-state index in [1.165, 1.54) is 12.1 Å². The van der Waals surface area contributed by atoms with Gasteiger partial charge >= 0.3 is 0 Å². The first-order chi connectivity index (χ1) is 9.56. The van der Waals surface area contributed by atoms with E-state index in [1.54, 1.807) is 11.3 Å². The first kappa shape index (κ1) is 13.0. The van der Waals surface area contributed by atoms with Crippen molar-refractivity contribution in [3.8, 4) is 11.4 Å². The molecule has 3 aromatic rings. The Hall–Kier alpha value is -2.05. The lowest BCUT2D eigenvalue weighted by atomic mass is 10.1. The van der Waals surface area contributed by atoms with Gasteiger partial charge in [0.05, 0.1) is 5.39 Å². The van der Waals surface area contributed by atoms with Crippen molar-refractivity contribution in [3.63, 3.8) is 0 Å². The Morgan fingerprint density at radius 2 is 1.95 bits per heavy atom. The molecule has 102 valence electrons. The summed E-state index contributed by atoms with van der Waals surface area (Å²) < 4.78 is 13.5. The van der Waals surface area contributed by atoms with Crippen LogP contribution in [0.1, 0.15) is 10.4 Å². The molecule has 2 aromatic heterocycles. The number of aromatic nitrogens is 2. The summed E-state index contributed by atoms with van der Waals surface area (Å²) in [5.74, 6) is 6.24. The third kappa shape index (κ3) is 2.23. The fraction of sp³-hybridized carbons (Fsp3) is 0.143. The lowest BCUT2D eigenvalue weighted by Gasteiger charge is -2.06. The molecular formula is C14H13FN4S. The second kappa shape index (κ2) is 4.81. The quantitative estimate of drug-likeness (QED) is 0.560. The number of hydrazine groups is 1. The lowest BCUT2D eigenvalue weighted by Crippen LogP contribution is -2.09. The van der Waals surface area contributed by atoms with Crippen LogP contribution in [0.15, 0.2) is 24.3 Å². The molecule has 0 fully saturated rings. The SMILES string of the molecule is Cc1cc(F)cc(-c2nc(NN)c3cc(C)sc3n2)c1. The largest absolute Gasteiger partial charge is 0.308 e. The zero-order valence-corrected chi connectivity index (χ0v) is 11.9. The highest BCUT2D eigenvalue weighted by molar-refractivity contribution is 7.18. The number of fused-ring (bicyclic) bond motifs is 1. The summed E-state index contributed by atoms with van der Waals surface area (Å²) in [6.45, 7) is 3.83. The van der Waals surface area contributed by atoms with Crippen LogP contribution in [-0.4, -0.2) is 9.97 Å². The van der Waals surface area contributed by atoms with Gasteiger partial charge in [0, 0.05) is 10.4 Å². The zero-order chi connectivity index (χ0) is 14.3. The van der Waals surface area contributed by atoms with Crippen LogP contribution in [0.2, 0.25) is 0 Å². The fourth-order valence-electron chi connectivity index (χ4n) is 2.15. The molecule has 0 spiro atoms. The molecule has 20 heavy (non-hydrogen) atoms. The van der Waals surface area contributed by atoms with Gasteiger partial charge in [0.25, 0.3) is 0 Å². The molecule has 0 atom stereocenters. The minimum absolute atomic E-state index is 0.298. The fourth-order valence-corrected chi connectivity index (χ4v) is 3.03. The van der Waals surface area contributed by atoms with Crippen molar-refractivity contribution in [3.05, 3.63) is 40.5 Å². The first-order valence-electron chi connectivity index (χ1n) is 6.09. The predicted octanol–water partition coefficient (Wildman–Crippen LogP) is 3.40.